The second-order valence-electron chi connectivity index (χ2n) is 1.41. The first-order valence-corrected chi connectivity index (χ1v) is 1.82. The molecule has 0 saturated heterocycles. The molecule has 52 valence electrons. The minimum atomic E-state index is 0. The highest BCUT2D eigenvalue weighted by Crippen LogP contribution is 1.69. The summed E-state index contributed by atoms with van der Waals surface area (Å²) >= 11 is 0. The molecule has 0 aromatic carbocycles. The highest BCUT2D eigenvalue weighted by molar-refractivity contribution is 5.85. The summed E-state index contributed by atoms with van der Waals surface area (Å²) in [7, 11) is 3.45. The van der Waals surface area contributed by atoms with Crippen LogP contribution in [0.2, 0.25) is 0 Å². The molecule has 4 heteroatoms. The Kier molecular flexibility index (Phi) is 13.8. The molecule has 0 aromatic rings. The van der Waals surface area contributed by atoms with Crippen LogP contribution in [-0.4, -0.2) is 24.9 Å². The van der Waals surface area contributed by atoms with Gasteiger partial charge in [-0.15, -0.1) is 24.8 Å². The predicted molar refractivity (Wildman–Crippen MR) is 38.9 cm³/mol. The van der Waals surface area contributed by atoms with Crippen LogP contribution in [0.25, 0.3) is 0 Å². The van der Waals surface area contributed by atoms with Gasteiger partial charge in [-0.3, -0.25) is 4.79 Å². The van der Waals surface area contributed by atoms with Gasteiger partial charge >= 0.3 is 0 Å². The molecule has 8 heavy (non-hydrogen) atoms. The van der Waals surface area contributed by atoms with Crippen molar-refractivity contribution in [1.82, 2.24) is 4.90 Å². The van der Waals surface area contributed by atoms with Crippen molar-refractivity contribution in [3.8, 4) is 0 Å². The van der Waals surface area contributed by atoms with Gasteiger partial charge in [0.05, 0.1) is 0 Å². The Morgan fingerprint density at radius 2 is 1.38 bits per heavy atom. The summed E-state index contributed by atoms with van der Waals surface area (Å²) in [5.41, 5.74) is 0. The van der Waals surface area contributed by atoms with E-state index < -0.39 is 0 Å². The molecule has 0 aliphatic carbocycles. The third-order valence-electron chi connectivity index (χ3n) is 0.630. The van der Waals surface area contributed by atoms with Gasteiger partial charge in [0.1, 0.15) is 0 Å². The molecule has 1 amide bonds. The molecule has 0 bridgehead atoms. The van der Waals surface area contributed by atoms with E-state index in [0.717, 1.165) is 0 Å². The number of carbonyl (C=O) groups excluding carboxylic acids is 1. The van der Waals surface area contributed by atoms with E-state index in [4.69, 9.17) is 0 Å². The number of hydrogen-bond donors (Lipinski definition) is 0. The number of amides is 1. The molecule has 0 heterocycles. The molecule has 0 saturated carbocycles. The van der Waals surface area contributed by atoms with E-state index >= 15 is 0 Å². The Bertz CT molecular complexity index is 65.1. The summed E-state index contributed by atoms with van der Waals surface area (Å²) < 4.78 is 0. The smallest absolute Gasteiger partial charge is 0.218 e. The monoisotopic (exact) mass is 159 g/mol. The van der Waals surface area contributed by atoms with Crippen molar-refractivity contribution in [2.75, 3.05) is 14.1 Å². The number of hydrogen-bond acceptors (Lipinski definition) is 1. The van der Waals surface area contributed by atoms with Crippen LogP contribution in [-0.2, 0) is 4.79 Å². The topological polar surface area (TPSA) is 20.3 Å². The van der Waals surface area contributed by atoms with Crippen molar-refractivity contribution in [2.24, 2.45) is 0 Å². The fourth-order valence-electron chi connectivity index (χ4n) is 0. The van der Waals surface area contributed by atoms with E-state index in [9.17, 15) is 4.79 Å². The van der Waals surface area contributed by atoms with Gasteiger partial charge in [0.15, 0.2) is 0 Å². The minimum Gasteiger partial charge on any atom is -0.349 e. The third kappa shape index (κ3) is 9.41. The van der Waals surface area contributed by atoms with Gasteiger partial charge in [-0.25, -0.2) is 0 Å². The maximum atomic E-state index is 10.1. The average molecular weight is 160 g/mol. The van der Waals surface area contributed by atoms with E-state index in [2.05, 4.69) is 0 Å². The SMILES string of the molecule is CC(=O)N(C)C.Cl.Cl. The van der Waals surface area contributed by atoms with E-state index in [-0.39, 0.29) is 30.7 Å². The minimum absolute atomic E-state index is 0. The van der Waals surface area contributed by atoms with E-state index in [1.807, 2.05) is 0 Å². The van der Waals surface area contributed by atoms with Crippen LogP contribution in [0, 0.1) is 0 Å². The van der Waals surface area contributed by atoms with Gasteiger partial charge in [-0.05, 0) is 0 Å². The van der Waals surface area contributed by atoms with Crippen LogP contribution < -0.4 is 0 Å². The van der Waals surface area contributed by atoms with Crippen molar-refractivity contribution < 1.29 is 4.79 Å². The van der Waals surface area contributed by atoms with E-state index in [0.29, 0.717) is 0 Å². The molecule has 0 radical (unpaired) electrons. The van der Waals surface area contributed by atoms with Gasteiger partial charge in [-0.1, -0.05) is 0 Å². The van der Waals surface area contributed by atoms with Crippen LogP contribution in [0.15, 0.2) is 0 Å². The maximum Gasteiger partial charge on any atom is 0.218 e. The van der Waals surface area contributed by atoms with Gasteiger partial charge in [0.25, 0.3) is 0 Å². The number of nitrogens with zero attached hydrogens (tertiary/aromatic N) is 1. The van der Waals surface area contributed by atoms with Crippen molar-refractivity contribution >= 4 is 30.7 Å². The molecule has 0 atom stereocenters. The average Bonchev–Trinajstić information content (AvgIpc) is 1.36. The van der Waals surface area contributed by atoms with Crippen LogP contribution in [0.1, 0.15) is 6.92 Å². The van der Waals surface area contributed by atoms with Crippen LogP contribution in [0.4, 0.5) is 0 Å². The molecule has 2 nitrogen and oxygen atoms in total. The molecule has 0 aromatic heterocycles. The Balaban J connectivity index is -0.000000125. The molecule has 0 fully saturated rings. The second-order valence-corrected chi connectivity index (χ2v) is 1.41. The van der Waals surface area contributed by atoms with Crippen molar-refractivity contribution in [1.29, 1.82) is 0 Å². The zero-order chi connectivity index (χ0) is 5.15. The lowest BCUT2D eigenvalue weighted by molar-refractivity contribution is -0.126. The molecule has 0 rings (SSSR count). The van der Waals surface area contributed by atoms with Crippen LogP contribution in [0.3, 0.4) is 0 Å². The maximum absolute atomic E-state index is 10.1. The van der Waals surface area contributed by atoms with E-state index in [1.54, 1.807) is 14.1 Å². The summed E-state index contributed by atoms with van der Waals surface area (Å²) in [6.07, 6.45) is 0. The fourth-order valence-corrected chi connectivity index (χ4v) is 0. The van der Waals surface area contributed by atoms with Crippen LogP contribution in [0.5, 0.6) is 0 Å². The number of rotatable bonds is 0. The van der Waals surface area contributed by atoms with Gasteiger partial charge in [-0.2, -0.15) is 0 Å². The van der Waals surface area contributed by atoms with Crippen molar-refractivity contribution in [3.63, 3.8) is 0 Å². The second kappa shape index (κ2) is 7.05. The Morgan fingerprint density at radius 1 is 1.25 bits per heavy atom. The molecular weight excluding hydrogens is 149 g/mol. The highest BCUT2D eigenvalue weighted by Gasteiger charge is 1.87. The third-order valence-corrected chi connectivity index (χ3v) is 0.630. The van der Waals surface area contributed by atoms with Crippen LogP contribution >= 0.6 is 24.8 Å². The first-order chi connectivity index (χ1) is 2.64. The van der Waals surface area contributed by atoms with Gasteiger partial charge in [0, 0.05) is 21.0 Å². The first-order valence-electron chi connectivity index (χ1n) is 1.82. The van der Waals surface area contributed by atoms with Gasteiger partial charge in [0.2, 0.25) is 5.91 Å². The summed E-state index contributed by atoms with van der Waals surface area (Å²) in [6, 6.07) is 0. The van der Waals surface area contributed by atoms with E-state index in [1.165, 1.54) is 11.8 Å². The summed E-state index contributed by atoms with van der Waals surface area (Å²) in [4.78, 5) is 11.6. The molecule has 0 unspecified atom stereocenters. The molecule has 0 aliphatic rings. The van der Waals surface area contributed by atoms with Crippen molar-refractivity contribution in [3.05, 3.63) is 0 Å². The Morgan fingerprint density at radius 3 is 1.38 bits per heavy atom. The lowest BCUT2D eigenvalue weighted by Gasteiger charge is -2.02. The zero-order valence-electron chi connectivity index (χ0n) is 5.17. The fraction of sp³-hybridized carbons (Fsp3) is 0.750. The lowest BCUT2D eigenvalue weighted by Crippen LogP contribution is -2.17. The molecule has 0 spiro atoms. The predicted octanol–water partition coefficient (Wildman–Crippen LogP) is 0.938. The first kappa shape index (κ1) is 15.7. The largest absolute Gasteiger partial charge is 0.349 e. The molecule has 0 aliphatic heterocycles. The van der Waals surface area contributed by atoms with Gasteiger partial charge < -0.3 is 4.90 Å². The highest BCUT2D eigenvalue weighted by atomic mass is 35.5. The molecule has 0 N–H and O–H groups in total. The standard InChI is InChI=1S/C4H9NO.2ClH/c1-4(6)5(2)3;;/h1-3H3;2*1H. The number of carbonyl (C=O) groups is 1. The number of halogens is 2. The Hall–Kier alpha value is 0.0500. The quantitative estimate of drug-likeness (QED) is 0.516. The molecular formula is C4H11Cl2NO. The normalized spacial score (nSPS) is 5.88. The zero-order valence-corrected chi connectivity index (χ0v) is 6.80. The Labute approximate surface area is 62.1 Å². The summed E-state index contributed by atoms with van der Waals surface area (Å²) in [6.45, 7) is 1.53. The summed E-state index contributed by atoms with van der Waals surface area (Å²) in [5, 5.41) is 0. The lowest BCUT2D eigenvalue weighted by atomic mass is 10.7. The summed E-state index contributed by atoms with van der Waals surface area (Å²) in [5.74, 6) is 0.0926. The van der Waals surface area contributed by atoms with Crippen molar-refractivity contribution in [2.45, 2.75) is 6.92 Å².